The lowest BCUT2D eigenvalue weighted by Crippen LogP contribution is -2.37. The number of ether oxygens (including phenoxy) is 1. The minimum atomic E-state index is -0.774. The summed E-state index contributed by atoms with van der Waals surface area (Å²) in [6.07, 6.45) is -0.774. The quantitative estimate of drug-likeness (QED) is 0.723. The van der Waals surface area contributed by atoms with Crippen LogP contribution in [-0.2, 0) is 4.74 Å². The molecule has 0 aliphatic carbocycles. The fraction of sp³-hybridized carbons (Fsp3) is 0.533. The second kappa shape index (κ2) is 8.59. The van der Waals surface area contributed by atoms with E-state index in [0.717, 1.165) is 0 Å². The van der Waals surface area contributed by atoms with Crippen LogP contribution < -0.4 is 10.6 Å². The highest BCUT2D eigenvalue weighted by molar-refractivity contribution is 5.89. The maximum absolute atomic E-state index is 13.3. The average molecular weight is 298 g/mol. The Morgan fingerprint density at radius 2 is 2.10 bits per heavy atom. The third kappa shape index (κ3) is 7.06. The number of anilines is 1. The first-order chi connectivity index (χ1) is 9.88. The topological polar surface area (TPSA) is 70.6 Å². The molecule has 0 aliphatic rings. The highest BCUT2D eigenvalue weighted by atomic mass is 19.1. The molecule has 1 aromatic rings. The van der Waals surface area contributed by atoms with Crippen LogP contribution in [0.2, 0.25) is 0 Å². The summed E-state index contributed by atoms with van der Waals surface area (Å²) >= 11 is 0. The Balaban J connectivity index is 2.28. The van der Waals surface area contributed by atoms with E-state index in [9.17, 15) is 14.3 Å². The first-order valence-corrected chi connectivity index (χ1v) is 6.95. The first-order valence-electron chi connectivity index (χ1n) is 6.95. The van der Waals surface area contributed by atoms with Crippen molar-refractivity contribution in [3.05, 3.63) is 29.6 Å². The van der Waals surface area contributed by atoms with E-state index in [-0.39, 0.29) is 19.0 Å². The van der Waals surface area contributed by atoms with E-state index in [2.05, 4.69) is 10.6 Å². The zero-order valence-electron chi connectivity index (χ0n) is 12.6. The molecule has 0 spiro atoms. The van der Waals surface area contributed by atoms with E-state index in [1.165, 1.54) is 6.07 Å². The van der Waals surface area contributed by atoms with Crippen LogP contribution in [0.4, 0.5) is 14.9 Å². The number of nitrogens with one attached hydrogen (secondary N) is 2. The van der Waals surface area contributed by atoms with Crippen molar-refractivity contribution in [2.75, 3.05) is 25.1 Å². The van der Waals surface area contributed by atoms with Crippen molar-refractivity contribution < 1.29 is 19.0 Å². The number of aliphatic hydroxyl groups is 1. The zero-order valence-corrected chi connectivity index (χ0v) is 12.6. The van der Waals surface area contributed by atoms with Gasteiger partial charge in [0.05, 0.1) is 12.7 Å². The molecule has 0 saturated carbocycles. The molecule has 6 heteroatoms. The second-order valence-electron chi connectivity index (χ2n) is 5.38. The number of benzene rings is 1. The Morgan fingerprint density at radius 1 is 1.38 bits per heavy atom. The number of halogens is 1. The fourth-order valence-corrected chi connectivity index (χ4v) is 1.56. The van der Waals surface area contributed by atoms with Gasteiger partial charge in [0.15, 0.2) is 0 Å². The number of carbonyl (C=O) groups is 1. The summed E-state index contributed by atoms with van der Waals surface area (Å²) in [7, 11) is 0. The summed E-state index contributed by atoms with van der Waals surface area (Å²) in [4.78, 5) is 11.6. The number of amides is 2. The highest BCUT2D eigenvalue weighted by Crippen LogP contribution is 2.13. The first kappa shape index (κ1) is 17.4. The number of aryl methyl sites for hydroxylation is 1. The Kier molecular flexibility index (Phi) is 7.11. The molecule has 0 saturated heterocycles. The van der Waals surface area contributed by atoms with Crippen LogP contribution >= 0.6 is 0 Å². The van der Waals surface area contributed by atoms with Gasteiger partial charge < -0.3 is 20.5 Å². The van der Waals surface area contributed by atoms with Gasteiger partial charge in [0.2, 0.25) is 0 Å². The van der Waals surface area contributed by atoms with Crippen molar-refractivity contribution in [2.45, 2.75) is 26.9 Å². The summed E-state index contributed by atoms with van der Waals surface area (Å²) in [5.41, 5.74) is 0.875. The summed E-state index contributed by atoms with van der Waals surface area (Å²) < 4.78 is 18.6. The van der Waals surface area contributed by atoms with E-state index >= 15 is 0 Å². The van der Waals surface area contributed by atoms with E-state index in [4.69, 9.17) is 4.74 Å². The molecule has 0 aromatic heterocycles. The third-order valence-corrected chi connectivity index (χ3v) is 2.69. The molecule has 0 radical (unpaired) electrons. The molecule has 1 rings (SSSR count). The van der Waals surface area contributed by atoms with Gasteiger partial charge >= 0.3 is 6.03 Å². The second-order valence-corrected chi connectivity index (χ2v) is 5.38. The van der Waals surface area contributed by atoms with Crippen LogP contribution in [0.3, 0.4) is 0 Å². The molecule has 0 aliphatic heterocycles. The molecule has 118 valence electrons. The molecule has 1 unspecified atom stereocenters. The van der Waals surface area contributed by atoms with Crippen molar-refractivity contribution in [1.29, 1.82) is 0 Å². The highest BCUT2D eigenvalue weighted by Gasteiger charge is 2.08. The molecule has 5 nitrogen and oxygen atoms in total. The van der Waals surface area contributed by atoms with Crippen molar-refractivity contribution in [3.63, 3.8) is 0 Å². The predicted octanol–water partition coefficient (Wildman–Crippen LogP) is 2.29. The van der Waals surface area contributed by atoms with Gasteiger partial charge in [0.1, 0.15) is 5.82 Å². The maximum atomic E-state index is 13.3. The molecule has 0 fully saturated rings. The smallest absolute Gasteiger partial charge is 0.319 e. The lowest BCUT2D eigenvalue weighted by molar-refractivity contribution is 0.0274. The van der Waals surface area contributed by atoms with Crippen LogP contribution in [0.1, 0.15) is 19.4 Å². The van der Waals surface area contributed by atoms with Crippen LogP contribution in [0.15, 0.2) is 18.2 Å². The lowest BCUT2D eigenvalue weighted by Gasteiger charge is -2.14. The van der Waals surface area contributed by atoms with Gasteiger partial charge in [-0.2, -0.15) is 0 Å². The van der Waals surface area contributed by atoms with Crippen LogP contribution in [0.25, 0.3) is 0 Å². The molecule has 1 aromatic carbocycles. The average Bonchev–Trinajstić information content (AvgIpc) is 2.40. The van der Waals surface area contributed by atoms with Gasteiger partial charge in [0.25, 0.3) is 0 Å². The lowest BCUT2D eigenvalue weighted by atomic mass is 10.2. The largest absolute Gasteiger partial charge is 0.389 e. The fourth-order valence-electron chi connectivity index (χ4n) is 1.56. The molecule has 1 atom stereocenters. The van der Waals surface area contributed by atoms with Crippen molar-refractivity contribution in [3.8, 4) is 0 Å². The standard InChI is InChI=1S/C15H23FN2O3/c1-10(2)8-21-9-13(19)7-17-15(20)18-12-5-4-11(3)14(16)6-12/h4-6,10,13,19H,7-9H2,1-3H3,(H2,17,18,20). The van der Waals surface area contributed by atoms with E-state index in [1.54, 1.807) is 19.1 Å². The van der Waals surface area contributed by atoms with Gasteiger partial charge in [-0.05, 0) is 30.5 Å². The van der Waals surface area contributed by atoms with E-state index in [0.29, 0.717) is 23.8 Å². The van der Waals surface area contributed by atoms with Gasteiger partial charge in [0, 0.05) is 18.8 Å². The predicted molar refractivity (Wildman–Crippen MR) is 79.8 cm³/mol. The summed E-state index contributed by atoms with van der Waals surface area (Å²) in [6.45, 7) is 6.46. The Morgan fingerprint density at radius 3 is 2.71 bits per heavy atom. The molecule has 2 amide bonds. The van der Waals surface area contributed by atoms with Crippen LogP contribution in [0, 0.1) is 18.7 Å². The number of carbonyl (C=O) groups excluding carboxylic acids is 1. The number of rotatable bonds is 7. The van der Waals surface area contributed by atoms with Crippen molar-refractivity contribution >= 4 is 11.7 Å². The van der Waals surface area contributed by atoms with Gasteiger partial charge in [-0.15, -0.1) is 0 Å². The number of aliphatic hydroxyl groups excluding tert-OH is 1. The van der Waals surface area contributed by atoms with Crippen LogP contribution in [-0.4, -0.2) is 37.0 Å². The Bertz CT molecular complexity index is 466. The molecule has 21 heavy (non-hydrogen) atoms. The molecule has 3 N–H and O–H groups in total. The Labute approximate surface area is 124 Å². The molecule has 0 heterocycles. The zero-order chi connectivity index (χ0) is 15.8. The Hall–Kier alpha value is -1.66. The molecular formula is C15H23FN2O3. The molecular weight excluding hydrogens is 275 g/mol. The van der Waals surface area contributed by atoms with Gasteiger partial charge in [-0.25, -0.2) is 9.18 Å². The SMILES string of the molecule is Cc1ccc(NC(=O)NCC(O)COCC(C)C)cc1F. The number of hydrogen-bond donors (Lipinski definition) is 3. The molecule has 0 bridgehead atoms. The summed E-state index contributed by atoms with van der Waals surface area (Å²) in [5, 5.41) is 14.6. The summed E-state index contributed by atoms with van der Waals surface area (Å²) in [6, 6.07) is 3.94. The minimum Gasteiger partial charge on any atom is -0.389 e. The summed E-state index contributed by atoms with van der Waals surface area (Å²) in [5.74, 6) is 0.0137. The number of hydrogen-bond acceptors (Lipinski definition) is 3. The normalized spacial score (nSPS) is 12.3. The number of urea groups is 1. The van der Waals surface area contributed by atoms with Gasteiger partial charge in [-0.1, -0.05) is 19.9 Å². The van der Waals surface area contributed by atoms with Crippen molar-refractivity contribution in [1.82, 2.24) is 5.32 Å². The third-order valence-electron chi connectivity index (χ3n) is 2.69. The minimum absolute atomic E-state index is 0.0677. The van der Waals surface area contributed by atoms with Crippen LogP contribution in [0.5, 0.6) is 0 Å². The maximum Gasteiger partial charge on any atom is 0.319 e. The van der Waals surface area contributed by atoms with E-state index < -0.39 is 12.1 Å². The van der Waals surface area contributed by atoms with E-state index in [1.807, 2.05) is 13.8 Å². The van der Waals surface area contributed by atoms with Crippen molar-refractivity contribution in [2.24, 2.45) is 5.92 Å². The van der Waals surface area contributed by atoms with Gasteiger partial charge in [-0.3, -0.25) is 0 Å². The monoisotopic (exact) mass is 298 g/mol.